The molecule has 1 amide bonds. The maximum absolute atomic E-state index is 12.4. The van der Waals surface area contributed by atoms with Crippen molar-refractivity contribution in [1.29, 1.82) is 0 Å². The largest absolute Gasteiger partial charge is 0.433 e. The quantitative estimate of drug-likeness (QED) is 0.834. The SMILES string of the molecule is O=C(CN1CCC1Cc1ccccc1)Nc1ccccc1OC(F)F. The molecule has 1 aliphatic rings. The zero-order valence-electron chi connectivity index (χ0n) is 13.7. The molecule has 2 aromatic rings. The molecule has 4 nitrogen and oxygen atoms in total. The third-order valence-corrected chi connectivity index (χ3v) is 4.30. The van der Waals surface area contributed by atoms with Crippen LogP contribution in [0.1, 0.15) is 12.0 Å². The number of hydrogen-bond donors (Lipinski definition) is 1. The van der Waals surface area contributed by atoms with Crippen LogP contribution in [-0.2, 0) is 11.2 Å². The summed E-state index contributed by atoms with van der Waals surface area (Å²) in [6, 6.07) is 16.7. The maximum Gasteiger partial charge on any atom is 0.387 e. The first kappa shape index (κ1) is 17.4. The highest BCUT2D eigenvalue weighted by molar-refractivity contribution is 5.93. The first-order valence-corrected chi connectivity index (χ1v) is 8.23. The van der Waals surface area contributed by atoms with E-state index in [0.29, 0.717) is 6.04 Å². The molecule has 0 bridgehead atoms. The molecule has 25 heavy (non-hydrogen) atoms. The Morgan fingerprint density at radius 3 is 2.56 bits per heavy atom. The lowest BCUT2D eigenvalue weighted by Gasteiger charge is -2.40. The topological polar surface area (TPSA) is 41.6 Å². The van der Waals surface area contributed by atoms with E-state index in [9.17, 15) is 13.6 Å². The van der Waals surface area contributed by atoms with Crippen LogP contribution in [0.15, 0.2) is 54.6 Å². The van der Waals surface area contributed by atoms with Gasteiger partial charge in [-0.15, -0.1) is 0 Å². The molecule has 1 N–H and O–H groups in total. The van der Waals surface area contributed by atoms with E-state index in [1.165, 1.54) is 11.6 Å². The lowest BCUT2D eigenvalue weighted by atomic mass is 9.95. The number of carbonyl (C=O) groups is 1. The number of likely N-dealkylation sites (tertiary alicyclic amines) is 1. The van der Waals surface area contributed by atoms with Crippen LogP contribution in [0.4, 0.5) is 14.5 Å². The monoisotopic (exact) mass is 346 g/mol. The van der Waals surface area contributed by atoms with Gasteiger partial charge in [0.15, 0.2) is 0 Å². The van der Waals surface area contributed by atoms with Gasteiger partial charge in [0.25, 0.3) is 0 Å². The molecule has 1 heterocycles. The number of nitrogens with zero attached hydrogens (tertiary/aromatic N) is 1. The van der Waals surface area contributed by atoms with Crippen LogP contribution in [0.5, 0.6) is 5.75 Å². The minimum absolute atomic E-state index is 0.0321. The van der Waals surface area contributed by atoms with E-state index < -0.39 is 6.61 Å². The number of hydrogen-bond acceptors (Lipinski definition) is 3. The summed E-state index contributed by atoms with van der Waals surface area (Å²) in [7, 11) is 0. The maximum atomic E-state index is 12.4. The molecule has 1 aliphatic heterocycles. The summed E-state index contributed by atoms with van der Waals surface area (Å²) >= 11 is 0. The first-order chi connectivity index (χ1) is 12.1. The highest BCUT2D eigenvalue weighted by atomic mass is 19.3. The van der Waals surface area contributed by atoms with Crippen LogP contribution < -0.4 is 10.1 Å². The molecule has 132 valence electrons. The van der Waals surface area contributed by atoms with Crippen molar-refractivity contribution in [2.45, 2.75) is 25.5 Å². The fourth-order valence-electron chi connectivity index (χ4n) is 2.96. The van der Waals surface area contributed by atoms with Gasteiger partial charge in [0.2, 0.25) is 5.91 Å². The first-order valence-electron chi connectivity index (χ1n) is 8.23. The smallest absolute Gasteiger partial charge is 0.387 e. The van der Waals surface area contributed by atoms with E-state index in [1.807, 2.05) is 18.2 Å². The van der Waals surface area contributed by atoms with Gasteiger partial charge in [-0.25, -0.2) is 0 Å². The molecule has 0 saturated carbocycles. The molecule has 2 aromatic carbocycles. The highest BCUT2D eigenvalue weighted by Crippen LogP contribution is 2.26. The fraction of sp³-hybridized carbons (Fsp3) is 0.316. The van der Waals surface area contributed by atoms with E-state index in [-0.39, 0.29) is 23.9 Å². The molecule has 1 unspecified atom stereocenters. The van der Waals surface area contributed by atoms with Crippen LogP contribution in [0.25, 0.3) is 0 Å². The van der Waals surface area contributed by atoms with E-state index in [4.69, 9.17) is 0 Å². The van der Waals surface area contributed by atoms with E-state index in [0.717, 1.165) is 19.4 Å². The van der Waals surface area contributed by atoms with Crippen LogP contribution in [0.2, 0.25) is 0 Å². The Kier molecular flexibility index (Phi) is 5.60. The van der Waals surface area contributed by atoms with Crippen molar-refractivity contribution in [3.63, 3.8) is 0 Å². The average molecular weight is 346 g/mol. The normalized spacial score (nSPS) is 17.2. The van der Waals surface area contributed by atoms with Gasteiger partial charge < -0.3 is 10.1 Å². The van der Waals surface area contributed by atoms with Gasteiger partial charge in [-0.3, -0.25) is 9.69 Å². The average Bonchev–Trinajstić information content (AvgIpc) is 2.59. The van der Waals surface area contributed by atoms with Gasteiger partial charge in [-0.2, -0.15) is 8.78 Å². The van der Waals surface area contributed by atoms with Gasteiger partial charge >= 0.3 is 6.61 Å². The van der Waals surface area contributed by atoms with Crippen molar-refractivity contribution >= 4 is 11.6 Å². The number of halogens is 2. The number of ether oxygens (including phenoxy) is 1. The number of nitrogens with one attached hydrogen (secondary N) is 1. The summed E-state index contributed by atoms with van der Waals surface area (Å²) in [6.45, 7) is -1.83. The van der Waals surface area contributed by atoms with Gasteiger partial charge in [0.1, 0.15) is 5.75 Å². The van der Waals surface area contributed by atoms with Gasteiger partial charge in [-0.05, 0) is 30.5 Å². The minimum atomic E-state index is -2.93. The van der Waals surface area contributed by atoms with Crippen LogP contribution >= 0.6 is 0 Å². The van der Waals surface area contributed by atoms with Crippen LogP contribution in [0, 0.1) is 0 Å². The summed E-state index contributed by atoms with van der Waals surface area (Å²) in [4.78, 5) is 14.4. The predicted molar refractivity (Wildman–Crippen MR) is 91.8 cm³/mol. The molecule has 0 radical (unpaired) electrons. The number of benzene rings is 2. The molecule has 0 aromatic heterocycles. The minimum Gasteiger partial charge on any atom is -0.433 e. The number of rotatable bonds is 7. The summed E-state index contributed by atoms with van der Waals surface area (Å²) in [6.07, 6.45) is 1.95. The molecule has 1 fully saturated rings. The van der Waals surface area contributed by atoms with Gasteiger partial charge in [-0.1, -0.05) is 42.5 Å². The number of alkyl halides is 2. The van der Waals surface area contributed by atoms with E-state index >= 15 is 0 Å². The number of anilines is 1. The summed E-state index contributed by atoms with van der Waals surface area (Å²) in [5.41, 5.74) is 1.50. The Hall–Kier alpha value is -2.47. The van der Waals surface area contributed by atoms with Crippen molar-refractivity contribution < 1.29 is 18.3 Å². The Balaban J connectivity index is 1.54. The van der Waals surface area contributed by atoms with Crippen LogP contribution in [0.3, 0.4) is 0 Å². The number of para-hydroxylation sites is 2. The van der Waals surface area contributed by atoms with E-state index in [2.05, 4.69) is 27.1 Å². The lowest BCUT2D eigenvalue weighted by Crippen LogP contribution is -2.51. The van der Waals surface area contributed by atoms with Crippen molar-refractivity contribution in [2.24, 2.45) is 0 Å². The summed E-state index contributed by atoms with van der Waals surface area (Å²) in [5, 5.41) is 2.66. The molecule has 1 saturated heterocycles. The second-order valence-corrected chi connectivity index (χ2v) is 6.03. The molecule has 0 aliphatic carbocycles. The standard InChI is InChI=1S/C19H20F2N2O2/c20-19(21)25-17-9-5-4-8-16(17)22-18(24)13-23-11-10-15(23)12-14-6-2-1-3-7-14/h1-9,15,19H,10-13H2,(H,22,24). The Bertz CT molecular complexity index is 710. The van der Waals surface area contributed by atoms with Gasteiger partial charge in [0, 0.05) is 12.6 Å². The molecular weight excluding hydrogens is 326 g/mol. The van der Waals surface area contributed by atoms with Crippen molar-refractivity contribution in [1.82, 2.24) is 4.90 Å². The molecule has 3 rings (SSSR count). The van der Waals surface area contributed by atoms with Gasteiger partial charge in [0.05, 0.1) is 12.2 Å². The molecule has 0 spiro atoms. The van der Waals surface area contributed by atoms with Crippen molar-refractivity contribution in [3.05, 3.63) is 60.2 Å². The fourth-order valence-corrected chi connectivity index (χ4v) is 2.96. The zero-order valence-corrected chi connectivity index (χ0v) is 13.7. The third-order valence-electron chi connectivity index (χ3n) is 4.30. The molecule has 1 atom stereocenters. The number of carbonyl (C=O) groups excluding carboxylic acids is 1. The predicted octanol–water partition coefficient (Wildman–Crippen LogP) is 3.54. The Morgan fingerprint density at radius 1 is 1.16 bits per heavy atom. The summed E-state index contributed by atoms with van der Waals surface area (Å²) in [5.74, 6) is -0.265. The third kappa shape index (κ3) is 4.76. The van der Waals surface area contributed by atoms with Crippen molar-refractivity contribution in [3.8, 4) is 5.75 Å². The highest BCUT2D eigenvalue weighted by Gasteiger charge is 2.29. The lowest BCUT2D eigenvalue weighted by molar-refractivity contribution is -0.119. The van der Waals surface area contributed by atoms with Crippen LogP contribution in [-0.4, -0.2) is 36.5 Å². The zero-order chi connectivity index (χ0) is 17.6. The molecular formula is C19H20F2N2O2. The number of amides is 1. The Labute approximate surface area is 145 Å². The second-order valence-electron chi connectivity index (χ2n) is 6.03. The molecule has 6 heteroatoms. The van der Waals surface area contributed by atoms with Crippen molar-refractivity contribution in [2.75, 3.05) is 18.4 Å². The Morgan fingerprint density at radius 2 is 1.88 bits per heavy atom. The second kappa shape index (κ2) is 8.07. The van der Waals surface area contributed by atoms with E-state index in [1.54, 1.807) is 18.2 Å². The summed E-state index contributed by atoms with van der Waals surface area (Å²) < 4.78 is 29.3.